The van der Waals surface area contributed by atoms with Crippen molar-refractivity contribution >= 4 is 28.1 Å². The lowest BCUT2D eigenvalue weighted by Gasteiger charge is -2.21. The van der Waals surface area contributed by atoms with Crippen LogP contribution in [0, 0.1) is 6.92 Å². The molecule has 194 valence electrons. The van der Waals surface area contributed by atoms with Gasteiger partial charge in [-0.1, -0.05) is 41.7 Å². The van der Waals surface area contributed by atoms with E-state index in [0.29, 0.717) is 11.7 Å². The number of hydrogen-bond donors (Lipinski definition) is 2. The first kappa shape index (κ1) is 26.0. The van der Waals surface area contributed by atoms with E-state index in [-0.39, 0.29) is 41.6 Å². The quantitative estimate of drug-likeness (QED) is 0.264. The third-order valence-electron chi connectivity index (χ3n) is 5.18. The van der Waals surface area contributed by atoms with Gasteiger partial charge in [0.25, 0.3) is 5.91 Å². The molecule has 0 aliphatic rings. The van der Waals surface area contributed by atoms with Crippen molar-refractivity contribution in [1.82, 2.24) is 20.0 Å². The number of nitrogens with one attached hydrogen (secondary N) is 2. The topological polar surface area (TPSA) is 143 Å². The second kappa shape index (κ2) is 12.3. The summed E-state index contributed by atoms with van der Waals surface area (Å²) in [7, 11) is 3.10. The molecule has 13 heteroatoms. The number of methoxy groups -OCH3 is 2. The van der Waals surface area contributed by atoms with E-state index in [9.17, 15) is 9.59 Å². The van der Waals surface area contributed by atoms with Crippen molar-refractivity contribution in [3.8, 4) is 10.9 Å². The number of amides is 1. The first-order valence-electron chi connectivity index (χ1n) is 11.3. The van der Waals surface area contributed by atoms with Gasteiger partial charge in [0.05, 0.1) is 24.9 Å². The lowest BCUT2D eigenvalue weighted by Crippen LogP contribution is -2.22. The molecule has 3 aromatic heterocycles. The molecule has 0 fully saturated rings. The molecule has 0 saturated carbocycles. The predicted molar refractivity (Wildman–Crippen MR) is 137 cm³/mol. The number of ether oxygens (including phenoxy) is 3. The average Bonchev–Trinajstić information content (AvgIpc) is 3.54. The van der Waals surface area contributed by atoms with Crippen molar-refractivity contribution in [2.24, 2.45) is 0 Å². The number of aryl methyl sites for hydroxylation is 1. The Kier molecular flexibility index (Phi) is 8.61. The zero-order valence-electron chi connectivity index (χ0n) is 20.5. The minimum Gasteiger partial charge on any atom is -0.483 e. The Morgan fingerprint density at radius 2 is 1.95 bits per heavy atom. The Morgan fingerprint density at radius 3 is 2.65 bits per heavy atom. The zero-order chi connectivity index (χ0) is 26.2. The average molecular weight is 527 g/mol. The van der Waals surface area contributed by atoms with Crippen LogP contribution < -0.4 is 21.0 Å². The van der Waals surface area contributed by atoms with Crippen molar-refractivity contribution in [1.29, 1.82) is 0 Å². The highest BCUT2D eigenvalue weighted by atomic mass is 32.1. The molecule has 0 bridgehead atoms. The van der Waals surface area contributed by atoms with Gasteiger partial charge >= 0.3 is 5.63 Å². The van der Waals surface area contributed by atoms with E-state index < -0.39 is 11.5 Å². The highest BCUT2D eigenvalue weighted by Crippen LogP contribution is 2.28. The molecule has 0 radical (unpaired) electrons. The SMILES string of the molecule is COCCOc1c(N[C@@H](COC)c2ccccc2)cc(C(=O)Nc2nnc(-n3nccc3C)s2)oc1=O. The Morgan fingerprint density at radius 1 is 1.14 bits per heavy atom. The minimum atomic E-state index is -0.819. The Hall–Kier alpha value is -4.07. The van der Waals surface area contributed by atoms with Crippen LogP contribution in [-0.2, 0) is 9.47 Å². The Labute approximate surface area is 216 Å². The molecule has 1 amide bonds. The molecule has 1 aromatic carbocycles. The van der Waals surface area contributed by atoms with Gasteiger partial charge in [-0.2, -0.15) is 5.10 Å². The van der Waals surface area contributed by atoms with Crippen LogP contribution in [0.15, 0.2) is 57.9 Å². The number of carbonyl (C=O) groups excluding carboxylic acids is 1. The third kappa shape index (κ3) is 6.39. The van der Waals surface area contributed by atoms with Crippen molar-refractivity contribution in [3.63, 3.8) is 0 Å². The van der Waals surface area contributed by atoms with Gasteiger partial charge < -0.3 is 23.9 Å². The number of anilines is 2. The van der Waals surface area contributed by atoms with Crippen LogP contribution in [0.1, 0.15) is 27.9 Å². The number of rotatable bonds is 12. The van der Waals surface area contributed by atoms with E-state index in [1.54, 1.807) is 18.0 Å². The summed E-state index contributed by atoms with van der Waals surface area (Å²) in [6, 6.07) is 12.4. The molecule has 0 aliphatic carbocycles. The van der Waals surface area contributed by atoms with Gasteiger partial charge in [-0.25, -0.2) is 9.48 Å². The van der Waals surface area contributed by atoms with Crippen molar-refractivity contribution in [2.75, 3.05) is 44.7 Å². The van der Waals surface area contributed by atoms with Gasteiger partial charge in [0, 0.05) is 32.2 Å². The van der Waals surface area contributed by atoms with Crippen LogP contribution in [0.3, 0.4) is 0 Å². The van der Waals surface area contributed by atoms with E-state index in [2.05, 4.69) is 25.9 Å². The standard InChI is InChI=1S/C24H26N6O6S/c1-15-9-10-25-30(15)24-29-28-23(37-24)27-21(31)19-13-17(20(22(32)36-19)35-12-11-33-2)26-18(14-34-3)16-7-5-4-6-8-16/h4-10,13,18,26H,11-12,14H2,1-3H3,(H,27,28,31)/t18-/m0/s1. The molecule has 1 atom stereocenters. The van der Waals surface area contributed by atoms with Crippen LogP contribution in [0.4, 0.5) is 10.8 Å². The summed E-state index contributed by atoms with van der Waals surface area (Å²) in [5.74, 6) is -0.979. The molecule has 0 unspecified atom stereocenters. The zero-order valence-corrected chi connectivity index (χ0v) is 21.3. The summed E-state index contributed by atoms with van der Waals surface area (Å²) in [5, 5.41) is 18.8. The molecule has 37 heavy (non-hydrogen) atoms. The van der Waals surface area contributed by atoms with E-state index in [1.807, 2.05) is 43.3 Å². The lowest BCUT2D eigenvalue weighted by atomic mass is 10.1. The summed E-state index contributed by atoms with van der Waals surface area (Å²) < 4.78 is 22.9. The van der Waals surface area contributed by atoms with Gasteiger partial charge in [0.1, 0.15) is 6.61 Å². The summed E-state index contributed by atoms with van der Waals surface area (Å²) in [4.78, 5) is 25.9. The molecular weight excluding hydrogens is 500 g/mol. The maximum absolute atomic E-state index is 13.0. The maximum Gasteiger partial charge on any atom is 0.381 e. The molecule has 2 N–H and O–H groups in total. The van der Waals surface area contributed by atoms with Gasteiger partial charge in [0.2, 0.25) is 16.0 Å². The van der Waals surface area contributed by atoms with E-state index >= 15 is 0 Å². The van der Waals surface area contributed by atoms with Gasteiger partial charge in [-0.15, -0.1) is 10.2 Å². The highest BCUT2D eigenvalue weighted by molar-refractivity contribution is 7.17. The fourth-order valence-electron chi connectivity index (χ4n) is 3.41. The van der Waals surface area contributed by atoms with E-state index in [4.69, 9.17) is 18.6 Å². The van der Waals surface area contributed by atoms with Crippen molar-refractivity contribution in [2.45, 2.75) is 13.0 Å². The van der Waals surface area contributed by atoms with Crippen LogP contribution in [0.5, 0.6) is 5.75 Å². The summed E-state index contributed by atoms with van der Waals surface area (Å²) in [6.45, 7) is 2.54. The Balaban J connectivity index is 1.61. The largest absolute Gasteiger partial charge is 0.483 e. The van der Waals surface area contributed by atoms with Crippen molar-refractivity contribution in [3.05, 3.63) is 76.1 Å². The van der Waals surface area contributed by atoms with Crippen molar-refractivity contribution < 1.29 is 23.4 Å². The second-order valence-electron chi connectivity index (χ2n) is 7.77. The van der Waals surface area contributed by atoms with E-state index in [0.717, 1.165) is 22.6 Å². The smallest absolute Gasteiger partial charge is 0.381 e. The first-order chi connectivity index (χ1) is 18.0. The number of aromatic nitrogens is 4. The molecule has 0 spiro atoms. The molecule has 4 rings (SSSR count). The lowest BCUT2D eigenvalue weighted by molar-refractivity contribution is 0.0990. The van der Waals surface area contributed by atoms with Crippen LogP contribution in [0.25, 0.3) is 5.13 Å². The van der Waals surface area contributed by atoms with E-state index in [1.165, 1.54) is 13.2 Å². The molecule has 12 nitrogen and oxygen atoms in total. The third-order valence-corrected chi connectivity index (χ3v) is 5.99. The van der Waals surface area contributed by atoms with Crippen LogP contribution in [-0.4, -0.2) is 59.9 Å². The highest BCUT2D eigenvalue weighted by Gasteiger charge is 2.22. The first-order valence-corrected chi connectivity index (χ1v) is 12.1. The summed E-state index contributed by atoms with van der Waals surface area (Å²) in [5.41, 5.74) is 1.24. The second-order valence-corrected chi connectivity index (χ2v) is 8.73. The van der Waals surface area contributed by atoms with Gasteiger partial charge in [-0.05, 0) is 18.6 Å². The monoisotopic (exact) mass is 526 g/mol. The molecule has 0 aliphatic heterocycles. The predicted octanol–water partition coefficient (Wildman–Crippen LogP) is 3.06. The summed E-state index contributed by atoms with van der Waals surface area (Å²) >= 11 is 1.12. The Bertz CT molecular complexity index is 1390. The van der Waals surface area contributed by atoms with Gasteiger partial charge in [0.15, 0.2) is 5.76 Å². The molecule has 4 aromatic rings. The van der Waals surface area contributed by atoms with Crippen LogP contribution in [0.2, 0.25) is 0 Å². The number of nitrogens with zero attached hydrogens (tertiary/aromatic N) is 4. The molecule has 3 heterocycles. The van der Waals surface area contributed by atoms with Crippen LogP contribution >= 0.6 is 11.3 Å². The fraction of sp³-hybridized carbons (Fsp3) is 0.292. The fourth-order valence-corrected chi connectivity index (χ4v) is 4.16. The number of hydrogen-bond acceptors (Lipinski definition) is 11. The van der Waals surface area contributed by atoms with Gasteiger partial charge in [-0.3, -0.25) is 10.1 Å². The number of carbonyl (C=O) groups is 1. The normalized spacial score (nSPS) is 11.8. The molecule has 0 saturated heterocycles. The maximum atomic E-state index is 13.0. The molecular formula is C24H26N6O6S. The summed E-state index contributed by atoms with van der Waals surface area (Å²) in [6.07, 6.45) is 1.64. The number of benzene rings is 1. The minimum absolute atomic E-state index is 0.0713.